The molecule has 0 aliphatic carbocycles. The minimum Gasteiger partial charge on any atom is -0.469 e. The molecular formula is C13H23NO4S. The lowest BCUT2D eigenvalue weighted by Crippen LogP contribution is -2.53. The van der Waals surface area contributed by atoms with Crippen molar-refractivity contribution in [3.8, 4) is 0 Å². The maximum Gasteiger partial charge on any atom is 0.411 e. The molecule has 0 spiro atoms. The monoisotopic (exact) mass is 289 g/mol. The minimum absolute atomic E-state index is 0.216. The Morgan fingerprint density at radius 2 is 1.95 bits per heavy atom. The van der Waals surface area contributed by atoms with Gasteiger partial charge in [-0.05, 0) is 40.5 Å². The highest BCUT2D eigenvalue weighted by atomic mass is 32.1. The molecule has 19 heavy (non-hydrogen) atoms. The van der Waals surface area contributed by atoms with Crippen LogP contribution in [0.4, 0.5) is 4.79 Å². The van der Waals surface area contributed by atoms with E-state index in [1.807, 2.05) is 27.7 Å². The van der Waals surface area contributed by atoms with Crippen molar-refractivity contribution in [2.24, 2.45) is 5.92 Å². The maximum atomic E-state index is 12.1. The fraction of sp³-hybridized carbons (Fsp3) is 0.846. The molecule has 1 saturated heterocycles. The summed E-state index contributed by atoms with van der Waals surface area (Å²) in [4.78, 5) is 24.5. The second-order valence-corrected chi connectivity index (χ2v) is 7.03. The third kappa shape index (κ3) is 4.30. The van der Waals surface area contributed by atoms with Crippen molar-refractivity contribution >= 4 is 24.7 Å². The second kappa shape index (κ2) is 5.61. The van der Waals surface area contributed by atoms with Gasteiger partial charge in [-0.1, -0.05) is 0 Å². The predicted molar refractivity (Wildman–Crippen MR) is 75.1 cm³/mol. The van der Waals surface area contributed by atoms with Crippen LogP contribution in [-0.4, -0.2) is 41.1 Å². The van der Waals surface area contributed by atoms with E-state index in [2.05, 4.69) is 12.6 Å². The average molecular weight is 289 g/mol. The molecule has 1 aliphatic heterocycles. The zero-order valence-corrected chi connectivity index (χ0v) is 13.1. The Morgan fingerprint density at radius 1 is 1.37 bits per heavy atom. The molecule has 6 heteroatoms. The van der Waals surface area contributed by atoms with Crippen LogP contribution < -0.4 is 0 Å². The predicted octanol–water partition coefficient (Wildman–Crippen LogP) is 2.45. The van der Waals surface area contributed by atoms with Crippen molar-refractivity contribution in [3.63, 3.8) is 0 Å². The van der Waals surface area contributed by atoms with Crippen molar-refractivity contribution < 1.29 is 19.1 Å². The number of esters is 1. The first-order valence-corrected chi connectivity index (χ1v) is 6.82. The van der Waals surface area contributed by atoms with Crippen molar-refractivity contribution in [1.82, 2.24) is 4.90 Å². The third-order valence-electron chi connectivity index (χ3n) is 3.06. The Hall–Kier alpha value is -0.910. The molecule has 1 aliphatic rings. The normalized spacial score (nSPS) is 27.9. The number of thiol groups is 1. The number of methoxy groups -OCH3 is 1. The van der Waals surface area contributed by atoms with Crippen molar-refractivity contribution in [2.75, 3.05) is 13.7 Å². The molecule has 0 N–H and O–H groups in total. The summed E-state index contributed by atoms with van der Waals surface area (Å²) < 4.78 is 10.1. The molecule has 0 aromatic carbocycles. The van der Waals surface area contributed by atoms with E-state index in [0.29, 0.717) is 19.4 Å². The lowest BCUT2D eigenvalue weighted by atomic mass is 9.91. The number of nitrogens with zero attached hydrogens (tertiary/aromatic N) is 1. The quantitative estimate of drug-likeness (QED) is 0.595. The highest BCUT2D eigenvalue weighted by molar-refractivity contribution is 7.81. The Kier molecular flexibility index (Phi) is 4.76. The first-order chi connectivity index (χ1) is 8.57. The van der Waals surface area contributed by atoms with Crippen LogP contribution in [-0.2, 0) is 14.3 Å². The fourth-order valence-electron chi connectivity index (χ4n) is 2.18. The van der Waals surface area contributed by atoms with Crippen LogP contribution in [0.25, 0.3) is 0 Å². The van der Waals surface area contributed by atoms with Crippen LogP contribution in [0.15, 0.2) is 0 Å². The molecule has 1 heterocycles. The number of hydrogen-bond acceptors (Lipinski definition) is 5. The van der Waals surface area contributed by atoms with Gasteiger partial charge in [-0.15, -0.1) is 0 Å². The Morgan fingerprint density at radius 3 is 2.37 bits per heavy atom. The van der Waals surface area contributed by atoms with Gasteiger partial charge in [0.1, 0.15) is 5.60 Å². The van der Waals surface area contributed by atoms with Gasteiger partial charge < -0.3 is 9.47 Å². The smallest absolute Gasteiger partial charge is 0.411 e. The number of carbonyl (C=O) groups excluding carboxylic acids is 2. The summed E-state index contributed by atoms with van der Waals surface area (Å²) in [5, 5.41) is 0. The van der Waals surface area contributed by atoms with E-state index in [9.17, 15) is 9.59 Å². The maximum absolute atomic E-state index is 12.1. The summed E-state index contributed by atoms with van der Waals surface area (Å²) in [6.07, 6.45) is 0.637. The summed E-state index contributed by atoms with van der Waals surface area (Å²) >= 11 is 4.51. The highest BCUT2D eigenvalue weighted by Gasteiger charge is 2.42. The molecule has 110 valence electrons. The fourth-order valence-corrected chi connectivity index (χ4v) is 2.58. The molecule has 5 nitrogen and oxygen atoms in total. The molecule has 0 aromatic rings. The van der Waals surface area contributed by atoms with Crippen molar-refractivity contribution in [3.05, 3.63) is 0 Å². The van der Waals surface area contributed by atoms with Gasteiger partial charge in [0.05, 0.1) is 17.9 Å². The van der Waals surface area contributed by atoms with Crippen LogP contribution in [0, 0.1) is 5.92 Å². The van der Waals surface area contributed by atoms with Gasteiger partial charge in [-0.2, -0.15) is 12.6 Å². The topological polar surface area (TPSA) is 55.8 Å². The molecule has 2 unspecified atom stereocenters. The van der Waals surface area contributed by atoms with E-state index in [-0.39, 0.29) is 11.9 Å². The molecule has 0 radical (unpaired) electrons. The summed E-state index contributed by atoms with van der Waals surface area (Å²) in [7, 11) is 1.37. The number of hydrogen-bond donors (Lipinski definition) is 1. The summed E-state index contributed by atoms with van der Waals surface area (Å²) in [5.41, 5.74) is -0.542. The number of ether oxygens (including phenoxy) is 2. The lowest BCUT2D eigenvalue weighted by molar-refractivity contribution is -0.148. The zero-order valence-electron chi connectivity index (χ0n) is 12.2. The highest BCUT2D eigenvalue weighted by Crippen LogP contribution is 2.36. The summed E-state index contributed by atoms with van der Waals surface area (Å²) in [6.45, 7) is 7.72. The van der Waals surface area contributed by atoms with Gasteiger partial charge in [0.2, 0.25) is 0 Å². The van der Waals surface area contributed by atoms with Crippen LogP contribution in [0.3, 0.4) is 0 Å². The molecule has 1 amide bonds. The first kappa shape index (κ1) is 16.1. The number of piperidine rings is 1. The second-order valence-electron chi connectivity index (χ2n) is 6.06. The summed E-state index contributed by atoms with van der Waals surface area (Å²) in [5.74, 6) is -0.463. The van der Waals surface area contributed by atoms with Gasteiger partial charge >= 0.3 is 12.1 Å². The number of rotatable bonds is 1. The van der Waals surface area contributed by atoms with Gasteiger partial charge in [0.15, 0.2) is 0 Å². The Labute approximate surface area is 120 Å². The van der Waals surface area contributed by atoms with Gasteiger partial charge in [0, 0.05) is 6.54 Å². The Bertz CT molecular complexity index is 362. The molecule has 0 saturated carbocycles. The van der Waals surface area contributed by atoms with Crippen LogP contribution in [0.1, 0.15) is 40.5 Å². The van der Waals surface area contributed by atoms with Crippen molar-refractivity contribution in [1.29, 1.82) is 0 Å². The van der Waals surface area contributed by atoms with Crippen LogP contribution >= 0.6 is 12.6 Å². The average Bonchev–Trinajstić information content (AvgIpc) is 2.23. The number of carbonyl (C=O) groups is 2. The molecular weight excluding hydrogens is 266 g/mol. The minimum atomic E-state index is -0.709. The van der Waals surface area contributed by atoms with Gasteiger partial charge in [0.25, 0.3) is 0 Å². The zero-order chi connectivity index (χ0) is 14.8. The van der Waals surface area contributed by atoms with Gasteiger partial charge in [-0.3, -0.25) is 9.69 Å². The Balaban J connectivity index is 2.74. The lowest BCUT2D eigenvalue weighted by Gasteiger charge is -2.43. The molecule has 1 fully saturated rings. The van der Waals surface area contributed by atoms with E-state index in [1.165, 1.54) is 7.11 Å². The van der Waals surface area contributed by atoms with E-state index >= 15 is 0 Å². The van der Waals surface area contributed by atoms with Crippen LogP contribution in [0.2, 0.25) is 0 Å². The van der Waals surface area contributed by atoms with E-state index in [0.717, 1.165) is 0 Å². The molecule has 2 atom stereocenters. The van der Waals surface area contributed by atoms with Crippen molar-refractivity contribution in [2.45, 2.75) is 51.0 Å². The molecule has 0 bridgehead atoms. The summed E-state index contributed by atoms with van der Waals surface area (Å²) in [6, 6.07) is 0. The molecule has 0 aromatic heterocycles. The largest absolute Gasteiger partial charge is 0.469 e. The number of amides is 1. The molecule has 1 rings (SSSR count). The third-order valence-corrected chi connectivity index (χ3v) is 3.49. The van der Waals surface area contributed by atoms with E-state index in [1.54, 1.807) is 4.90 Å². The number of likely N-dealkylation sites (tertiary alicyclic amines) is 1. The SMILES string of the molecule is COC(=O)C1CCN(C(=O)OC(C)(C)C)C(C)(S)C1. The van der Waals surface area contributed by atoms with Crippen LogP contribution in [0.5, 0.6) is 0 Å². The van der Waals surface area contributed by atoms with E-state index in [4.69, 9.17) is 9.47 Å². The standard InChI is InChI=1S/C13H23NO4S/c1-12(2,3)18-11(16)14-7-6-9(10(15)17-5)8-13(14,4)19/h9,19H,6-8H2,1-5H3. The van der Waals surface area contributed by atoms with E-state index < -0.39 is 16.6 Å². The van der Waals surface area contributed by atoms with Gasteiger partial charge in [-0.25, -0.2) is 4.79 Å². The first-order valence-electron chi connectivity index (χ1n) is 6.37.